The van der Waals surface area contributed by atoms with Gasteiger partial charge in [-0.05, 0) is 66.6 Å². The molecule has 0 N–H and O–H groups in total. The van der Waals surface area contributed by atoms with E-state index in [1.807, 2.05) is 42.1 Å². The molecular formula is C44H70O2S. The molecule has 0 bridgehead atoms. The second-order valence-electron chi connectivity index (χ2n) is 13.6. The monoisotopic (exact) mass is 663 g/mol. The molecule has 2 rings (SSSR count). The van der Waals surface area contributed by atoms with Crippen LogP contribution >= 0.6 is 11.8 Å². The fourth-order valence-corrected chi connectivity index (χ4v) is 7.01. The molecule has 0 spiro atoms. The third-order valence-corrected chi connectivity index (χ3v) is 10.3. The van der Waals surface area contributed by atoms with Gasteiger partial charge in [0.15, 0.2) is 5.78 Å². The highest BCUT2D eigenvalue weighted by Crippen LogP contribution is 2.22. The van der Waals surface area contributed by atoms with Crippen LogP contribution in [0, 0.1) is 0 Å². The van der Waals surface area contributed by atoms with E-state index in [0.29, 0.717) is 5.56 Å². The Kier molecular flexibility index (Phi) is 26.4. The number of ether oxygens (including phenoxy) is 1. The Morgan fingerprint density at radius 3 is 1.43 bits per heavy atom. The maximum absolute atomic E-state index is 12.6. The molecule has 0 unspecified atom stereocenters. The van der Waals surface area contributed by atoms with Gasteiger partial charge in [0.1, 0.15) is 5.75 Å². The van der Waals surface area contributed by atoms with Crippen molar-refractivity contribution in [1.82, 2.24) is 0 Å². The van der Waals surface area contributed by atoms with E-state index in [0.717, 1.165) is 24.3 Å². The topological polar surface area (TPSA) is 26.3 Å². The number of ketones is 1. The average Bonchev–Trinajstić information content (AvgIpc) is 3.10. The van der Waals surface area contributed by atoms with Crippen molar-refractivity contribution in [1.29, 1.82) is 0 Å². The highest BCUT2D eigenvalue weighted by atomic mass is 32.2. The summed E-state index contributed by atoms with van der Waals surface area (Å²) in [6, 6.07) is 16.1. The summed E-state index contributed by atoms with van der Waals surface area (Å²) in [7, 11) is 0. The molecule has 0 saturated heterocycles. The Bertz CT molecular complexity index is 1010. The Balaban J connectivity index is 1.41. The van der Waals surface area contributed by atoms with Gasteiger partial charge in [-0.2, -0.15) is 0 Å². The van der Waals surface area contributed by atoms with Gasteiger partial charge in [0.2, 0.25) is 0 Å². The number of hydrogen-bond donors (Lipinski definition) is 0. The Morgan fingerprint density at radius 2 is 0.957 bits per heavy atom. The highest BCUT2D eigenvalue weighted by molar-refractivity contribution is 7.99. The van der Waals surface area contributed by atoms with E-state index in [-0.39, 0.29) is 5.78 Å². The Labute approximate surface area is 295 Å². The largest absolute Gasteiger partial charge is 0.494 e. The minimum atomic E-state index is 0.0224. The fourth-order valence-electron chi connectivity index (χ4n) is 6.10. The first-order valence-electron chi connectivity index (χ1n) is 19.9. The van der Waals surface area contributed by atoms with Crippen molar-refractivity contribution in [2.75, 3.05) is 12.4 Å². The molecule has 0 fully saturated rings. The number of hydrogen-bond acceptors (Lipinski definition) is 3. The van der Waals surface area contributed by atoms with Gasteiger partial charge in [-0.25, -0.2) is 0 Å². The number of allylic oxidation sites excluding steroid dienone is 1. The van der Waals surface area contributed by atoms with Crippen molar-refractivity contribution in [2.24, 2.45) is 0 Å². The van der Waals surface area contributed by atoms with Gasteiger partial charge in [0.05, 0.1) is 6.61 Å². The summed E-state index contributed by atoms with van der Waals surface area (Å²) in [6.07, 6.45) is 38.3. The van der Waals surface area contributed by atoms with E-state index in [9.17, 15) is 4.79 Å². The first-order valence-corrected chi connectivity index (χ1v) is 20.9. The van der Waals surface area contributed by atoms with Crippen LogP contribution in [0.4, 0.5) is 0 Å². The van der Waals surface area contributed by atoms with Crippen LogP contribution in [0.3, 0.4) is 0 Å². The van der Waals surface area contributed by atoms with Gasteiger partial charge >= 0.3 is 0 Å². The summed E-state index contributed by atoms with van der Waals surface area (Å²) in [5, 5.41) is 0. The van der Waals surface area contributed by atoms with Gasteiger partial charge in [-0.15, -0.1) is 11.8 Å². The SMILES string of the molecule is CCCCCCCCCCCCCCCCCCCCCCSc1ccc(C=CC(=O)c2ccc(OCCCCCCC)cc2)cc1. The predicted octanol–water partition coefficient (Wildman–Crippen LogP) is 14.8. The summed E-state index contributed by atoms with van der Waals surface area (Å²) >= 11 is 1.95. The molecule has 0 aromatic heterocycles. The lowest BCUT2D eigenvalue weighted by Crippen LogP contribution is -1.98. The Hall–Kier alpha value is -2.00. The van der Waals surface area contributed by atoms with Gasteiger partial charge in [0.25, 0.3) is 0 Å². The lowest BCUT2D eigenvalue weighted by atomic mass is 10.0. The third kappa shape index (κ3) is 23.1. The summed E-state index contributed by atoms with van der Waals surface area (Å²) in [4.78, 5) is 13.9. The third-order valence-electron chi connectivity index (χ3n) is 9.23. The normalized spacial score (nSPS) is 11.4. The van der Waals surface area contributed by atoms with Crippen LogP contribution in [0.25, 0.3) is 6.08 Å². The second kappa shape index (κ2) is 30.1. The number of carbonyl (C=O) groups excluding carboxylic acids is 1. The lowest BCUT2D eigenvalue weighted by Gasteiger charge is -2.06. The molecule has 2 aromatic carbocycles. The van der Waals surface area contributed by atoms with E-state index in [1.54, 1.807) is 6.08 Å². The van der Waals surface area contributed by atoms with Crippen LogP contribution in [0.15, 0.2) is 59.5 Å². The first kappa shape index (κ1) is 41.2. The van der Waals surface area contributed by atoms with Gasteiger partial charge < -0.3 is 4.74 Å². The number of thioether (sulfide) groups is 1. The molecule has 3 heteroatoms. The second-order valence-corrected chi connectivity index (χ2v) is 14.8. The summed E-state index contributed by atoms with van der Waals surface area (Å²) < 4.78 is 5.82. The molecule has 0 atom stereocenters. The highest BCUT2D eigenvalue weighted by Gasteiger charge is 2.03. The molecule has 264 valence electrons. The zero-order valence-electron chi connectivity index (χ0n) is 30.6. The molecular weight excluding hydrogens is 593 g/mol. The smallest absolute Gasteiger partial charge is 0.185 e. The molecule has 2 nitrogen and oxygen atoms in total. The van der Waals surface area contributed by atoms with Crippen molar-refractivity contribution in [3.63, 3.8) is 0 Å². The van der Waals surface area contributed by atoms with Crippen LogP contribution in [-0.4, -0.2) is 18.1 Å². The maximum Gasteiger partial charge on any atom is 0.185 e. The number of unbranched alkanes of at least 4 members (excludes halogenated alkanes) is 23. The summed E-state index contributed by atoms with van der Waals surface area (Å²) in [5.41, 5.74) is 1.75. The summed E-state index contributed by atoms with van der Waals surface area (Å²) in [5.74, 6) is 2.05. The quantitative estimate of drug-likeness (QED) is 0.0337. The van der Waals surface area contributed by atoms with Crippen LogP contribution in [0.5, 0.6) is 5.75 Å². The van der Waals surface area contributed by atoms with Crippen molar-refractivity contribution < 1.29 is 9.53 Å². The molecule has 0 radical (unpaired) electrons. The molecule has 2 aromatic rings. The van der Waals surface area contributed by atoms with E-state index < -0.39 is 0 Å². The molecule has 0 saturated carbocycles. The minimum Gasteiger partial charge on any atom is -0.494 e. The first-order chi connectivity index (χ1) is 23.2. The van der Waals surface area contributed by atoms with E-state index in [4.69, 9.17) is 4.74 Å². The predicted molar refractivity (Wildman–Crippen MR) is 209 cm³/mol. The lowest BCUT2D eigenvalue weighted by molar-refractivity contribution is 0.104. The zero-order chi connectivity index (χ0) is 33.5. The molecule has 0 aliphatic rings. The fraction of sp³-hybridized carbons (Fsp3) is 0.659. The molecule has 0 heterocycles. The van der Waals surface area contributed by atoms with Crippen LogP contribution in [-0.2, 0) is 0 Å². The van der Waals surface area contributed by atoms with Gasteiger partial charge in [-0.1, -0.05) is 180 Å². The Morgan fingerprint density at radius 1 is 0.532 bits per heavy atom. The van der Waals surface area contributed by atoms with Gasteiger partial charge in [-0.3, -0.25) is 4.79 Å². The minimum absolute atomic E-state index is 0.0224. The molecule has 0 amide bonds. The summed E-state index contributed by atoms with van der Waals surface area (Å²) in [6.45, 7) is 5.27. The van der Waals surface area contributed by atoms with E-state index >= 15 is 0 Å². The zero-order valence-corrected chi connectivity index (χ0v) is 31.4. The van der Waals surface area contributed by atoms with Crippen LogP contribution in [0.1, 0.15) is 190 Å². The standard InChI is InChI=1S/C44H70O2S/c1-3-5-7-9-10-11-12-13-14-15-16-17-18-19-20-21-22-23-25-27-39-47-43-35-28-40(29-36-43)30-37-44(45)41-31-33-42(34-32-41)46-38-26-24-8-6-4-2/h28-37H,3-27,38-39H2,1-2H3. The molecule has 0 aliphatic heterocycles. The van der Waals surface area contributed by atoms with Crippen LogP contribution < -0.4 is 4.74 Å². The van der Waals surface area contributed by atoms with Crippen LogP contribution in [0.2, 0.25) is 0 Å². The average molecular weight is 663 g/mol. The number of benzene rings is 2. The van der Waals surface area contributed by atoms with Gasteiger partial charge in [0, 0.05) is 10.5 Å². The van der Waals surface area contributed by atoms with Crippen molar-refractivity contribution in [3.8, 4) is 5.75 Å². The van der Waals surface area contributed by atoms with E-state index in [2.05, 4.69) is 38.1 Å². The number of rotatable bonds is 32. The molecule has 0 aliphatic carbocycles. The molecule has 47 heavy (non-hydrogen) atoms. The van der Waals surface area contributed by atoms with E-state index in [1.165, 1.54) is 165 Å². The maximum atomic E-state index is 12.6. The number of carbonyl (C=O) groups is 1. The van der Waals surface area contributed by atoms with Crippen molar-refractivity contribution in [2.45, 2.75) is 179 Å². The van der Waals surface area contributed by atoms with Crippen molar-refractivity contribution >= 4 is 23.6 Å². The van der Waals surface area contributed by atoms with Crippen molar-refractivity contribution in [3.05, 3.63) is 65.7 Å².